The Kier molecular flexibility index (Phi) is 4.15. The van der Waals surface area contributed by atoms with Gasteiger partial charge in [0.1, 0.15) is 0 Å². The largest absolute Gasteiger partial charge is 0.300 e. The van der Waals surface area contributed by atoms with E-state index in [1.165, 1.54) is 11.1 Å². The molecular weight excluding hydrogens is 170 g/mol. The fourth-order valence-corrected chi connectivity index (χ4v) is 1.94. The van der Waals surface area contributed by atoms with Crippen LogP contribution in [-0.2, 0) is 0 Å². The zero-order valence-electron chi connectivity index (χ0n) is 9.42. The van der Waals surface area contributed by atoms with Crippen molar-refractivity contribution in [1.29, 1.82) is 0 Å². The van der Waals surface area contributed by atoms with Crippen LogP contribution in [-0.4, -0.2) is 24.0 Å². The molecule has 0 N–H and O–H groups in total. The minimum atomic E-state index is 0.644. The first-order chi connectivity index (χ1) is 6.69. The van der Waals surface area contributed by atoms with Gasteiger partial charge in [0, 0.05) is 19.1 Å². The molecule has 0 bridgehead atoms. The summed E-state index contributed by atoms with van der Waals surface area (Å²) in [6.45, 7) is 14.6. The molecule has 0 unspecified atom stereocenters. The topological polar surface area (TPSA) is 3.24 Å². The second kappa shape index (κ2) is 5.16. The molecule has 0 atom stereocenters. The summed E-state index contributed by atoms with van der Waals surface area (Å²) in [6.07, 6.45) is 6.20. The molecule has 1 nitrogen and oxygen atoms in total. The summed E-state index contributed by atoms with van der Waals surface area (Å²) in [7, 11) is 0. The van der Waals surface area contributed by atoms with E-state index in [0.29, 0.717) is 6.04 Å². The number of nitrogens with zero attached hydrogens (tertiary/aromatic N) is 1. The number of allylic oxidation sites excluding steroid dienone is 2. The molecule has 0 fully saturated rings. The van der Waals surface area contributed by atoms with Crippen LogP contribution in [0.4, 0.5) is 0 Å². The van der Waals surface area contributed by atoms with Crippen LogP contribution in [0, 0.1) is 0 Å². The van der Waals surface area contributed by atoms with Gasteiger partial charge in [-0.15, -0.1) is 0 Å². The fourth-order valence-electron chi connectivity index (χ4n) is 1.94. The van der Waals surface area contributed by atoms with Crippen molar-refractivity contribution in [3.63, 3.8) is 0 Å². The molecule has 0 saturated heterocycles. The first-order valence-corrected chi connectivity index (χ1v) is 5.40. The minimum Gasteiger partial charge on any atom is -0.300 e. The van der Waals surface area contributed by atoms with Gasteiger partial charge >= 0.3 is 0 Å². The summed E-state index contributed by atoms with van der Waals surface area (Å²) >= 11 is 0. The van der Waals surface area contributed by atoms with Gasteiger partial charge in [0.25, 0.3) is 0 Å². The highest BCUT2D eigenvalue weighted by molar-refractivity contribution is 5.32. The zero-order valence-corrected chi connectivity index (χ0v) is 9.42. The molecule has 0 amide bonds. The zero-order chi connectivity index (χ0) is 10.6. The van der Waals surface area contributed by atoms with Gasteiger partial charge in [0.2, 0.25) is 0 Å². The summed E-state index contributed by atoms with van der Waals surface area (Å²) in [5, 5.41) is 0. The molecule has 14 heavy (non-hydrogen) atoms. The lowest BCUT2D eigenvalue weighted by Gasteiger charge is -2.24. The predicted molar refractivity (Wildman–Crippen MR) is 63.4 cm³/mol. The van der Waals surface area contributed by atoms with Crippen molar-refractivity contribution in [2.75, 3.05) is 13.1 Å². The predicted octanol–water partition coefficient (Wildman–Crippen LogP) is 3.16. The van der Waals surface area contributed by atoms with Crippen molar-refractivity contribution in [3.05, 3.63) is 36.5 Å². The molecule has 0 aromatic carbocycles. The maximum Gasteiger partial charge on any atom is 0.00388 e. The summed E-state index contributed by atoms with van der Waals surface area (Å²) in [5.74, 6) is 0. The Balaban J connectivity index is 2.72. The summed E-state index contributed by atoms with van der Waals surface area (Å²) in [6, 6.07) is 0.644. The molecule has 1 aliphatic heterocycles. The van der Waals surface area contributed by atoms with Crippen molar-refractivity contribution in [2.45, 2.75) is 32.7 Å². The van der Waals surface area contributed by atoms with E-state index in [1.807, 2.05) is 12.2 Å². The van der Waals surface area contributed by atoms with Gasteiger partial charge in [-0.1, -0.05) is 25.3 Å². The van der Waals surface area contributed by atoms with E-state index in [-0.39, 0.29) is 0 Å². The molecule has 0 spiro atoms. The summed E-state index contributed by atoms with van der Waals surface area (Å²) in [5.41, 5.74) is 2.76. The molecule has 0 saturated carbocycles. The first-order valence-electron chi connectivity index (χ1n) is 5.40. The van der Waals surface area contributed by atoms with Crippen LogP contribution in [0.3, 0.4) is 0 Å². The van der Waals surface area contributed by atoms with Crippen molar-refractivity contribution < 1.29 is 0 Å². The second-order valence-electron chi connectivity index (χ2n) is 4.09. The van der Waals surface area contributed by atoms with E-state index in [0.717, 1.165) is 25.9 Å². The molecule has 0 aliphatic carbocycles. The normalized spacial score (nSPS) is 19.6. The molecule has 1 rings (SSSR count). The van der Waals surface area contributed by atoms with Crippen LogP contribution >= 0.6 is 0 Å². The van der Waals surface area contributed by atoms with Crippen LogP contribution < -0.4 is 0 Å². The van der Waals surface area contributed by atoms with Gasteiger partial charge in [-0.05, 0) is 37.8 Å². The van der Waals surface area contributed by atoms with Crippen molar-refractivity contribution in [1.82, 2.24) is 4.90 Å². The van der Waals surface area contributed by atoms with Gasteiger partial charge in [-0.25, -0.2) is 0 Å². The number of hydrogen-bond acceptors (Lipinski definition) is 1. The van der Waals surface area contributed by atoms with Gasteiger partial charge in [0.15, 0.2) is 0 Å². The Bertz CT molecular complexity index is 226. The Labute approximate surface area is 87.8 Å². The van der Waals surface area contributed by atoms with Crippen molar-refractivity contribution in [3.8, 4) is 0 Å². The molecule has 0 radical (unpaired) electrons. The van der Waals surface area contributed by atoms with E-state index < -0.39 is 0 Å². The monoisotopic (exact) mass is 191 g/mol. The van der Waals surface area contributed by atoms with E-state index in [1.54, 1.807) is 0 Å². The highest BCUT2D eigenvalue weighted by Crippen LogP contribution is 2.21. The Morgan fingerprint density at radius 3 is 1.79 bits per heavy atom. The van der Waals surface area contributed by atoms with E-state index in [4.69, 9.17) is 0 Å². The molecule has 1 heteroatoms. The smallest absolute Gasteiger partial charge is 0.00388 e. The number of rotatable bonds is 3. The fraction of sp³-hybridized carbons (Fsp3) is 0.538. The molecule has 0 aromatic heterocycles. The molecular formula is C13H21N. The van der Waals surface area contributed by atoms with E-state index >= 15 is 0 Å². The van der Waals surface area contributed by atoms with Gasteiger partial charge in [-0.2, -0.15) is 0 Å². The minimum absolute atomic E-state index is 0.644. The Morgan fingerprint density at radius 2 is 1.50 bits per heavy atom. The SMILES string of the molecule is C=CC1=C(C=C)CCN(C(C)C)CC1. The van der Waals surface area contributed by atoms with Crippen LogP contribution in [0.2, 0.25) is 0 Å². The maximum absolute atomic E-state index is 3.87. The van der Waals surface area contributed by atoms with Crippen LogP contribution in [0.15, 0.2) is 36.5 Å². The quantitative estimate of drug-likeness (QED) is 0.662. The van der Waals surface area contributed by atoms with Crippen molar-refractivity contribution in [2.24, 2.45) is 0 Å². The van der Waals surface area contributed by atoms with Gasteiger partial charge in [0.05, 0.1) is 0 Å². The van der Waals surface area contributed by atoms with Gasteiger partial charge in [-0.3, -0.25) is 0 Å². The third-order valence-corrected chi connectivity index (χ3v) is 2.97. The number of hydrogen-bond donors (Lipinski definition) is 0. The van der Waals surface area contributed by atoms with E-state index in [9.17, 15) is 0 Å². The average Bonchev–Trinajstić information content (AvgIpc) is 2.38. The average molecular weight is 191 g/mol. The second-order valence-corrected chi connectivity index (χ2v) is 4.09. The standard InChI is InChI=1S/C13H21N/c1-5-12-7-9-14(11(3)4)10-8-13(12)6-2/h5-6,11H,1-2,7-10H2,3-4H3. The molecule has 1 heterocycles. The van der Waals surface area contributed by atoms with Gasteiger partial charge < -0.3 is 4.90 Å². The van der Waals surface area contributed by atoms with Crippen LogP contribution in [0.1, 0.15) is 26.7 Å². The van der Waals surface area contributed by atoms with Crippen LogP contribution in [0.25, 0.3) is 0 Å². The lowest BCUT2D eigenvalue weighted by Crippen LogP contribution is -2.31. The third kappa shape index (κ3) is 2.58. The lowest BCUT2D eigenvalue weighted by molar-refractivity contribution is 0.233. The van der Waals surface area contributed by atoms with Crippen LogP contribution in [0.5, 0.6) is 0 Å². The Hall–Kier alpha value is -0.820. The van der Waals surface area contributed by atoms with E-state index in [2.05, 4.69) is 31.9 Å². The molecule has 1 aliphatic rings. The highest BCUT2D eigenvalue weighted by Gasteiger charge is 2.14. The maximum atomic E-state index is 3.87. The lowest BCUT2D eigenvalue weighted by atomic mass is 10.0. The first kappa shape index (κ1) is 11.3. The Morgan fingerprint density at radius 1 is 1.07 bits per heavy atom. The highest BCUT2D eigenvalue weighted by atomic mass is 15.1. The molecule has 0 aromatic rings. The summed E-state index contributed by atoms with van der Waals surface area (Å²) < 4.78 is 0. The van der Waals surface area contributed by atoms with Crippen molar-refractivity contribution >= 4 is 0 Å². The third-order valence-electron chi connectivity index (χ3n) is 2.97. The summed E-state index contributed by atoms with van der Waals surface area (Å²) in [4.78, 5) is 2.51. The molecule has 78 valence electrons.